The Morgan fingerprint density at radius 1 is 1.27 bits per heavy atom. The maximum atomic E-state index is 12.4. The summed E-state index contributed by atoms with van der Waals surface area (Å²) in [4.78, 5) is 25.3. The first-order chi connectivity index (χ1) is 12.2. The van der Waals surface area contributed by atoms with Gasteiger partial charge >= 0.3 is 6.09 Å². The highest BCUT2D eigenvalue weighted by atomic mass is 16.6. The van der Waals surface area contributed by atoms with E-state index in [1.807, 2.05) is 57.0 Å². The molecule has 1 atom stereocenters. The normalized spacial score (nSPS) is 18.0. The van der Waals surface area contributed by atoms with Gasteiger partial charge in [-0.25, -0.2) is 14.8 Å². The number of aromatic nitrogens is 2. The lowest BCUT2D eigenvalue weighted by Crippen LogP contribution is -2.50. The Morgan fingerprint density at radius 2 is 1.92 bits per heavy atom. The lowest BCUT2D eigenvalue weighted by atomic mass is 10.0. The number of para-hydroxylation sites is 2. The van der Waals surface area contributed by atoms with Gasteiger partial charge in [0.1, 0.15) is 5.60 Å². The van der Waals surface area contributed by atoms with Gasteiger partial charge in [-0.05, 0) is 45.7 Å². The maximum Gasteiger partial charge on any atom is 0.410 e. The van der Waals surface area contributed by atoms with Crippen molar-refractivity contribution in [1.29, 1.82) is 0 Å². The molecule has 1 aliphatic rings. The quantitative estimate of drug-likeness (QED) is 0.889. The van der Waals surface area contributed by atoms with Crippen molar-refractivity contribution in [3.05, 3.63) is 24.3 Å². The first kappa shape index (κ1) is 18.2. The molecule has 1 unspecified atom stereocenters. The number of carbonyl (C=O) groups is 1. The van der Waals surface area contributed by atoms with E-state index in [2.05, 4.69) is 9.97 Å². The Bertz CT molecular complexity index is 802. The molecule has 1 aromatic carbocycles. The van der Waals surface area contributed by atoms with Crippen LogP contribution in [0, 0.1) is 0 Å². The van der Waals surface area contributed by atoms with Crippen LogP contribution in [0.5, 0.6) is 0 Å². The number of ether oxygens (including phenoxy) is 1. The molecule has 2 heterocycles. The standard InChI is InChI=1S/C19H27N5O2/c1-19(2,3)26-18(25)24-11-7-8-13(12-24)23(4)17-16(20)21-14-9-5-6-10-15(14)22-17/h5-6,9-10,13H,7-8,11-12H2,1-4H3,(H2,20,21). The van der Waals surface area contributed by atoms with Crippen LogP contribution in [0.4, 0.5) is 16.4 Å². The second-order valence-corrected chi connectivity index (χ2v) is 7.75. The van der Waals surface area contributed by atoms with Crippen LogP contribution in [0.3, 0.4) is 0 Å². The van der Waals surface area contributed by atoms with Crippen molar-refractivity contribution >= 4 is 28.8 Å². The van der Waals surface area contributed by atoms with E-state index < -0.39 is 5.60 Å². The zero-order valence-electron chi connectivity index (χ0n) is 15.9. The molecule has 3 rings (SSSR count). The predicted molar refractivity (Wildman–Crippen MR) is 103 cm³/mol. The zero-order chi connectivity index (χ0) is 18.9. The molecule has 2 aromatic rings. The second-order valence-electron chi connectivity index (χ2n) is 7.75. The maximum absolute atomic E-state index is 12.4. The van der Waals surface area contributed by atoms with Crippen LogP contribution in [-0.4, -0.2) is 52.7 Å². The number of rotatable bonds is 2. The van der Waals surface area contributed by atoms with E-state index in [4.69, 9.17) is 10.5 Å². The number of benzene rings is 1. The lowest BCUT2D eigenvalue weighted by Gasteiger charge is -2.38. The minimum absolute atomic E-state index is 0.119. The number of nitrogens with zero attached hydrogens (tertiary/aromatic N) is 4. The zero-order valence-corrected chi connectivity index (χ0v) is 15.9. The largest absolute Gasteiger partial charge is 0.444 e. The molecule has 1 amide bonds. The molecule has 2 N–H and O–H groups in total. The SMILES string of the molecule is CN(c1nc2ccccc2nc1N)C1CCCN(C(=O)OC(C)(C)C)C1. The fourth-order valence-electron chi connectivity index (χ4n) is 3.20. The van der Waals surface area contributed by atoms with E-state index in [9.17, 15) is 4.79 Å². The monoisotopic (exact) mass is 357 g/mol. The molecule has 1 fully saturated rings. The van der Waals surface area contributed by atoms with E-state index in [0.717, 1.165) is 23.9 Å². The number of amides is 1. The van der Waals surface area contributed by atoms with Gasteiger partial charge < -0.3 is 20.3 Å². The fourth-order valence-corrected chi connectivity index (χ4v) is 3.20. The van der Waals surface area contributed by atoms with Crippen LogP contribution < -0.4 is 10.6 Å². The topological polar surface area (TPSA) is 84.6 Å². The van der Waals surface area contributed by atoms with Crippen LogP contribution in [0.15, 0.2) is 24.3 Å². The summed E-state index contributed by atoms with van der Waals surface area (Å²) in [6.07, 6.45) is 1.60. The van der Waals surface area contributed by atoms with Crippen molar-refractivity contribution in [2.45, 2.75) is 45.3 Å². The van der Waals surface area contributed by atoms with Crippen molar-refractivity contribution in [3.8, 4) is 0 Å². The molecule has 1 aliphatic heterocycles. The fraction of sp³-hybridized carbons (Fsp3) is 0.526. The minimum Gasteiger partial charge on any atom is -0.444 e. The van der Waals surface area contributed by atoms with Gasteiger partial charge in [0.05, 0.1) is 11.0 Å². The van der Waals surface area contributed by atoms with Gasteiger partial charge in [0.2, 0.25) is 0 Å². The van der Waals surface area contributed by atoms with E-state index in [-0.39, 0.29) is 12.1 Å². The summed E-state index contributed by atoms with van der Waals surface area (Å²) in [5.41, 5.74) is 7.24. The number of hydrogen-bond donors (Lipinski definition) is 1. The first-order valence-corrected chi connectivity index (χ1v) is 8.97. The van der Waals surface area contributed by atoms with E-state index >= 15 is 0 Å². The van der Waals surface area contributed by atoms with Crippen molar-refractivity contribution in [2.75, 3.05) is 30.8 Å². The average Bonchev–Trinajstić information content (AvgIpc) is 2.59. The summed E-state index contributed by atoms with van der Waals surface area (Å²) in [7, 11) is 1.96. The van der Waals surface area contributed by atoms with Gasteiger partial charge in [-0.1, -0.05) is 12.1 Å². The second kappa shape index (κ2) is 6.97. The van der Waals surface area contributed by atoms with Crippen molar-refractivity contribution in [2.24, 2.45) is 0 Å². The van der Waals surface area contributed by atoms with Gasteiger partial charge in [0, 0.05) is 26.2 Å². The lowest BCUT2D eigenvalue weighted by molar-refractivity contribution is 0.0199. The molecule has 0 saturated carbocycles. The highest BCUT2D eigenvalue weighted by molar-refractivity contribution is 5.79. The van der Waals surface area contributed by atoms with Crippen molar-refractivity contribution in [3.63, 3.8) is 0 Å². The molecule has 1 aromatic heterocycles. The summed E-state index contributed by atoms with van der Waals surface area (Å²) in [6.45, 7) is 6.93. The Balaban J connectivity index is 1.78. The van der Waals surface area contributed by atoms with Gasteiger partial charge in [-0.15, -0.1) is 0 Å². The molecule has 140 valence electrons. The number of likely N-dealkylation sites (tertiary alicyclic amines) is 1. The number of likely N-dealkylation sites (N-methyl/N-ethyl adjacent to an activating group) is 1. The number of piperidine rings is 1. The molecule has 0 radical (unpaired) electrons. The van der Waals surface area contributed by atoms with Gasteiger partial charge in [-0.2, -0.15) is 0 Å². The number of nitrogen functional groups attached to an aromatic ring is 1. The Hall–Kier alpha value is -2.57. The third-order valence-electron chi connectivity index (χ3n) is 4.51. The number of hydrogen-bond acceptors (Lipinski definition) is 6. The molecular weight excluding hydrogens is 330 g/mol. The predicted octanol–water partition coefficient (Wildman–Crippen LogP) is 3.05. The van der Waals surface area contributed by atoms with Gasteiger partial charge in [-0.3, -0.25) is 0 Å². The van der Waals surface area contributed by atoms with E-state index in [1.54, 1.807) is 4.90 Å². The molecule has 0 aliphatic carbocycles. The van der Waals surface area contributed by atoms with Crippen LogP contribution >= 0.6 is 0 Å². The van der Waals surface area contributed by atoms with Crippen molar-refractivity contribution < 1.29 is 9.53 Å². The molecule has 7 nitrogen and oxygen atoms in total. The van der Waals surface area contributed by atoms with Crippen LogP contribution in [0.25, 0.3) is 11.0 Å². The van der Waals surface area contributed by atoms with Crippen molar-refractivity contribution in [1.82, 2.24) is 14.9 Å². The molecular formula is C19H27N5O2. The number of anilines is 2. The van der Waals surface area contributed by atoms with E-state index in [0.29, 0.717) is 24.7 Å². The summed E-state index contributed by atoms with van der Waals surface area (Å²) < 4.78 is 5.51. The highest BCUT2D eigenvalue weighted by Gasteiger charge is 2.30. The van der Waals surface area contributed by atoms with E-state index in [1.165, 1.54) is 0 Å². The first-order valence-electron chi connectivity index (χ1n) is 8.97. The van der Waals surface area contributed by atoms with Gasteiger partial charge in [0.25, 0.3) is 0 Å². The van der Waals surface area contributed by atoms with Crippen LogP contribution in [-0.2, 0) is 4.74 Å². The summed E-state index contributed by atoms with van der Waals surface area (Å²) >= 11 is 0. The molecule has 0 spiro atoms. The molecule has 26 heavy (non-hydrogen) atoms. The number of nitrogens with two attached hydrogens (primary N) is 1. The summed E-state index contributed by atoms with van der Waals surface area (Å²) in [6, 6.07) is 7.79. The average molecular weight is 357 g/mol. The third kappa shape index (κ3) is 3.98. The Labute approximate surface area is 154 Å². The Kier molecular flexibility index (Phi) is 4.89. The molecule has 7 heteroatoms. The number of carbonyl (C=O) groups excluding carboxylic acids is 1. The third-order valence-corrected chi connectivity index (χ3v) is 4.51. The number of fused-ring (bicyclic) bond motifs is 1. The van der Waals surface area contributed by atoms with Crippen LogP contribution in [0.1, 0.15) is 33.6 Å². The summed E-state index contributed by atoms with van der Waals surface area (Å²) in [5, 5.41) is 0. The highest BCUT2D eigenvalue weighted by Crippen LogP contribution is 2.26. The Morgan fingerprint density at radius 3 is 2.58 bits per heavy atom. The molecule has 1 saturated heterocycles. The summed E-state index contributed by atoms with van der Waals surface area (Å²) in [5.74, 6) is 1.06. The minimum atomic E-state index is -0.496. The van der Waals surface area contributed by atoms with Crippen LogP contribution in [0.2, 0.25) is 0 Å². The van der Waals surface area contributed by atoms with Gasteiger partial charge in [0.15, 0.2) is 11.6 Å². The smallest absolute Gasteiger partial charge is 0.410 e. The molecule has 0 bridgehead atoms.